The van der Waals surface area contributed by atoms with Crippen LogP contribution in [0.1, 0.15) is 33.1 Å². The Kier molecular flexibility index (Phi) is 5.08. The van der Waals surface area contributed by atoms with Gasteiger partial charge < -0.3 is 10.2 Å². The highest BCUT2D eigenvalue weighted by Crippen LogP contribution is 2.31. The summed E-state index contributed by atoms with van der Waals surface area (Å²) < 4.78 is 54.9. The Morgan fingerprint density at radius 1 is 1.14 bits per heavy atom. The van der Waals surface area contributed by atoms with Gasteiger partial charge in [-0.15, -0.1) is 0 Å². The maximum Gasteiger partial charge on any atom is 0.185 e. The Balaban J connectivity index is 2.41. The molecular weight excluding hydrogens is 284 g/mol. The Morgan fingerprint density at radius 3 is 2.29 bits per heavy atom. The van der Waals surface area contributed by atoms with Crippen molar-refractivity contribution in [2.45, 2.75) is 45.2 Å². The summed E-state index contributed by atoms with van der Waals surface area (Å²) in [5.74, 6) is -5.34. The molecule has 1 N–H and O–H groups in total. The minimum atomic E-state index is -1.36. The molecule has 2 nitrogen and oxygen atoms in total. The SMILES string of the molecule is CCCC1CN(c2c(F)c(F)cc(F)c2F)C(CC)CN1. The van der Waals surface area contributed by atoms with Crippen LogP contribution in [-0.4, -0.2) is 25.2 Å². The lowest BCUT2D eigenvalue weighted by molar-refractivity contribution is 0.356. The minimum Gasteiger partial charge on any atom is -0.361 e. The number of piperazine rings is 1. The van der Waals surface area contributed by atoms with Gasteiger partial charge in [0.2, 0.25) is 0 Å². The lowest BCUT2D eigenvalue weighted by Gasteiger charge is -2.42. The van der Waals surface area contributed by atoms with Gasteiger partial charge >= 0.3 is 0 Å². The standard InChI is InChI=1S/C15H20F4N2/c1-3-5-9-8-21(10(4-2)7-20-9)15-13(18)11(16)6-12(17)14(15)19/h6,9-10,20H,3-5,7-8H2,1-2H3. The zero-order valence-electron chi connectivity index (χ0n) is 12.2. The van der Waals surface area contributed by atoms with Crippen molar-refractivity contribution in [2.75, 3.05) is 18.0 Å². The molecule has 0 saturated carbocycles. The second-order valence-corrected chi connectivity index (χ2v) is 5.43. The molecule has 0 bridgehead atoms. The maximum absolute atomic E-state index is 14.0. The first-order chi connectivity index (χ1) is 9.99. The van der Waals surface area contributed by atoms with Gasteiger partial charge in [-0.2, -0.15) is 0 Å². The van der Waals surface area contributed by atoms with E-state index < -0.39 is 29.0 Å². The van der Waals surface area contributed by atoms with E-state index >= 15 is 0 Å². The van der Waals surface area contributed by atoms with Gasteiger partial charge in [-0.05, 0) is 12.8 Å². The van der Waals surface area contributed by atoms with Crippen molar-refractivity contribution in [2.24, 2.45) is 0 Å². The van der Waals surface area contributed by atoms with Crippen LogP contribution in [0.25, 0.3) is 0 Å². The average molecular weight is 304 g/mol. The predicted molar refractivity (Wildman–Crippen MR) is 74.4 cm³/mol. The van der Waals surface area contributed by atoms with Crippen LogP contribution in [0, 0.1) is 23.3 Å². The zero-order valence-corrected chi connectivity index (χ0v) is 12.2. The topological polar surface area (TPSA) is 15.3 Å². The van der Waals surface area contributed by atoms with Crippen molar-refractivity contribution in [3.63, 3.8) is 0 Å². The second-order valence-electron chi connectivity index (χ2n) is 5.43. The van der Waals surface area contributed by atoms with Gasteiger partial charge in [0.1, 0.15) is 5.69 Å². The number of halogens is 4. The van der Waals surface area contributed by atoms with Gasteiger partial charge in [0.05, 0.1) is 0 Å². The van der Waals surface area contributed by atoms with Crippen LogP contribution in [0.3, 0.4) is 0 Å². The molecule has 1 aliphatic rings. The summed E-state index contributed by atoms with van der Waals surface area (Å²) in [7, 11) is 0. The van der Waals surface area contributed by atoms with Crippen molar-refractivity contribution in [1.82, 2.24) is 5.32 Å². The Hall–Kier alpha value is -1.30. The van der Waals surface area contributed by atoms with Crippen molar-refractivity contribution in [3.05, 3.63) is 29.3 Å². The first-order valence-electron chi connectivity index (χ1n) is 7.32. The van der Waals surface area contributed by atoms with E-state index in [0.29, 0.717) is 19.5 Å². The molecule has 21 heavy (non-hydrogen) atoms. The third-order valence-electron chi connectivity index (χ3n) is 3.98. The van der Waals surface area contributed by atoms with Crippen molar-refractivity contribution < 1.29 is 17.6 Å². The Labute approximate surface area is 122 Å². The molecular formula is C15H20F4N2. The summed E-state index contributed by atoms with van der Waals surface area (Å²) in [5.41, 5.74) is -0.582. The first-order valence-corrected chi connectivity index (χ1v) is 7.32. The van der Waals surface area contributed by atoms with Crippen molar-refractivity contribution in [3.8, 4) is 0 Å². The first kappa shape index (κ1) is 16.1. The van der Waals surface area contributed by atoms with Crippen molar-refractivity contribution >= 4 is 5.69 Å². The number of hydrogen-bond acceptors (Lipinski definition) is 2. The lowest BCUT2D eigenvalue weighted by atomic mass is 10.0. The van der Waals surface area contributed by atoms with E-state index in [9.17, 15) is 17.6 Å². The molecule has 1 aromatic rings. The molecule has 118 valence electrons. The maximum atomic E-state index is 14.0. The Bertz CT molecular complexity index is 481. The molecule has 1 heterocycles. The lowest BCUT2D eigenvalue weighted by Crippen LogP contribution is -2.57. The van der Waals surface area contributed by atoms with E-state index in [1.54, 1.807) is 0 Å². The highest BCUT2D eigenvalue weighted by molar-refractivity contribution is 5.52. The summed E-state index contributed by atoms with van der Waals surface area (Å²) >= 11 is 0. The fourth-order valence-electron chi connectivity index (χ4n) is 2.86. The second kappa shape index (κ2) is 6.64. The van der Waals surface area contributed by atoms with Crippen LogP contribution in [0.15, 0.2) is 6.07 Å². The summed E-state index contributed by atoms with van der Waals surface area (Å²) in [6, 6.07) is 0.118. The third-order valence-corrected chi connectivity index (χ3v) is 3.98. The average Bonchev–Trinajstić information content (AvgIpc) is 2.46. The molecule has 0 spiro atoms. The van der Waals surface area contributed by atoms with Crippen molar-refractivity contribution in [1.29, 1.82) is 0 Å². The zero-order chi connectivity index (χ0) is 15.6. The van der Waals surface area contributed by atoms with Gasteiger partial charge in [-0.25, -0.2) is 17.6 Å². The number of nitrogens with one attached hydrogen (secondary N) is 1. The summed E-state index contributed by atoms with van der Waals surface area (Å²) in [5, 5.41) is 3.31. The molecule has 2 atom stereocenters. The van der Waals surface area contributed by atoms with Gasteiger partial charge in [0.25, 0.3) is 0 Å². The van der Waals surface area contributed by atoms with Crippen LogP contribution in [0.2, 0.25) is 0 Å². The van der Waals surface area contributed by atoms with Gasteiger partial charge in [-0.3, -0.25) is 0 Å². The van der Waals surface area contributed by atoms with Crippen LogP contribution >= 0.6 is 0 Å². The van der Waals surface area contributed by atoms with E-state index in [-0.39, 0.29) is 18.2 Å². The smallest absolute Gasteiger partial charge is 0.185 e. The van der Waals surface area contributed by atoms with Gasteiger partial charge in [0, 0.05) is 31.2 Å². The molecule has 0 aromatic heterocycles. The molecule has 1 aromatic carbocycles. The van der Waals surface area contributed by atoms with Gasteiger partial charge in [-0.1, -0.05) is 20.3 Å². The van der Waals surface area contributed by atoms with E-state index in [1.165, 1.54) is 4.90 Å². The van der Waals surface area contributed by atoms with E-state index in [1.807, 2.05) is 13.8 Å². The quantitative estimate of drug-likeness (QED) is 0.675. The van der Waals surface area contributed by atoms with Crippen LogP contribution in [0.5, 0.6) is 0 Å². The molecule has 6 heteroatoms. The predicted octanol–water partition coefficient (Wildman–Crippen LogP) is 3.60. The normalized spacial score (nSPS) is 22.7. The molecule has 0 aliphatic carbocycles. The summed E-state index contributed by atoms with van der Waals surface area (Å²) in [4.78, 5) is 1.47. The minimum absolute atomic E-state index is 0.0583. The fraction of sp³-hybridized carbons (Fsp3) is 0.600. The number of rotatable bonds is 4. The molecule has 0 amide bonds. The van der Waals surface area contributed by atoms with Crippen LogP contribution < -0.4 is 10.2 Å². The molecule has 1 saturated heterocycles. The van der Waals surface area contributed by atoms with Gasteiger partial charge in [0.15, 0.2) is 23.3 Å². The molecule has 1 aliphatic heterocycles. The fourth-order valence-corrected chi connectivity index (χ4v) is 2.86. The number of anilines is 1. The van der Waals surface area contributed by atoms with Crippen LogP contribution in [0.4, 0.5) is 23.2 Å². The number of hydrogen-bond donors (Lipinski definition) is 1. The third kappa shape index (κ3) is 3.15. The highest BCUT2D eigenvalue weighted by Gasteiger charge is 2.32. The van der Waals surface area contributed by atoms with E-state index in [0.717, 1.165) is 12.8 Å². The molecule has 1 fully saturated rings. The largest absolute Gasteiger partial charge is 0.361 e. The van der Waals surface area contributed by atoms with E-state index in [4.69, 9.17) is 0 Å². The highest BCUT2D eigenvalue weighted by atomic mass is 19.2. The molecule has 0 radical (unpaired) electrons. The monoisotopic (exact) mass is 304 g/mol. The van der Waals surface area contributed by atoms with Crippen LogP contribution in [-0.2, 0) is 0 Å². The molecule has 2 rings (SSSR count). The molecule has 2 unspecified atom stereocenters. The summed E-state index contributed by atoms with van der Waals surface area (Å²) in [6.45, 7) is 4.77. The summed E-state index contributed by atoms with van der Waals surface area (Å²) in [6.07, 6.45) is 2.39. The van der Waals surface area contributed by atoms with E-state index in [2.05, 4.69) is 5.32 Å². The number of benzene rings is 1. The number of nitrogens with zero attached hydrogens (tertiary/aromatic N) is 1. The Morgan fingerprint density at radius 2 is 1.76 bits per heavy atom.